The minimum Gasteiger partial charge on any atom is -0.457 e. The largest absolute Gasteiger partial charge is 0.457 e. The second-order valence-electron chi connectivity index (χ2n) is 9.06. The highest BCUT2D eigenvalue weighted by Crippen LogP contribution is 2.35. The van der Waals surface area contributed by atoms with Crippen LogP contribution < -0.4 is 14.8 Å². The van der Waals surface area contributed by atoms with Crippen LogP contribution in [0.25, 0.3) is 16.2 Å². The normalized spacial score (nSPS) is 11.5. The third-order valence-corrected chi connectivity index (χ3v) is 6.85. The van der Waals surface area contributed by atoms with Gasteiger partial charge >= 0.3 is 6.18 Å². The molecule has 7 nitrogen and oxygen atoms in total. The Hall–Kier alpha value is -5.30. The molecule has 3 aromatic heterocycles. The molecule has 0 unspecified atom stereocenters. The molecular weight excluding hydrogens is 591 g/mol. The number of halogens is 5. The molecule has 0 fully saturated rings. The molecule has 6 rings (SSSR count). The van der Waals surface area contributed by atoms with E-state index in [9.17, 15) is 26.7 Å². The van der Waals surface area contributed by atoms with Gasteiger partial charge in [-0.2, -0.15) is 18.3 Å². The third-order valence-electron chi connectivity index (χ3n) is 5.96. The maximum atomic E-state index is 13.9. The summed E-state index contributed by atoms with van der Waals surface area (Å²) >= 11 is 1.22. The van der Waals surface area contributed by atoms with Crippen molar-refractivity contribution in [3.05, 3.63) is 119 Å². The number of fused-ring (bicyclic) bond motifs is 1. The van der Waals surface area contributed by atoms with E-state index in [0.717, 1.165) is 12.1 Å². The van der Waals surface area contributed by atoms with Gasteiger partial charge in [0.1, 0.15) is 34.6 Å². The Morgan fingerprint density at radius 1 is 0.791 bits per heavy atom. The van der Waals surface area contributed by atoms with Crippen molar-refractivity contribution in [1.29, 1.82) is 0 Å². The quantitative estimate of drug-likeness (QED) is 0.184. The minimum atomic E-state index is -4.77. The zero-order chi connectivity index (χ0) is 30.1. The van der Waals surface area contributed by atoms with Gasteiger partial charge in [0.15, 0.2) is 17.0 Å². The van der Waals surface area contributed by atoms with E-state index in [1.165, 1.54) is 78.1 Å². The van der Waals surface area contributed by atoms with Crippen molar-refractivity contribution in [2.45, 2.75) is 6.18 Å². The molecule has 1 N–H and O–H groups in total. The Bertz CT molecular complexity index is 1860. The van der Waals surface area contributed by atoms with Crippen LogP contribution in [-0.4, -0.2) is 20.5 Å². The molecule has 3 aromatic carbocycles. The smallest absolute Gasteiger partial charge is 0.433 e. The first-order valence-corrected chi connectivity index (χ1v) is 13.3. The fourth-order valence-electron chi connectivity index (χ4n) is 4.07. The monoisotopic (exact) mass is 608 g/mol. The molecule has 43 heavy (non-hydrogen) atoms. The van der Waals surface area contributed by atoms with E-state index < -0.39 is 29.4 Å². The molecule has 0 aliphatic heterocycles. The first-order chi connectivity index (χ1) is 20.6. The van der Waals surface area contributed by atoms with Crippen molar-refractivity contribution in [2.75, 3.05) is 5.32 Å². The number of nitrogens with one attached hydrogen (secondary N) is 1. The fraction of sp³-hybridized carbons (Fsp3) is 0.0333. The van der Waals surface area contributed by atoms with E-state index in [0.29, 0.717) is 9.39 Å². The zero-order valence-electron chi connectivity index (χ0n) is 21.6. The van der Waals surface area contributed by atoms with Gasteiger partial charge in [0.2, 0.25) is 0 Å². The van der Waals surface area contributed by atoms with Crippen LogP contribution in [0.1, 0.15) is 16.2 Å². The lowest BCUT2D eigenvalue weighted by molar-refractivity contribution is -0.142. The number of benzene rings is 3. The van der Waals surface area contributed by atoms with Crippen LogP contribution in [0.4, 0.5) is 27.6 Å². The minimum absolute atomic E-state index is 0.0925. The van der Waals surface area contributed by atoms with Gasteiger partial charge in [0.25, 0.3) is 5.91 Å². The van der Waals surface area contributed by atoms with Crippen molar-refractivity contribution < 1.29 is 36.2 Å². The molecule has 0 saturated carbocycles. The molecule has 0 spiro atoms. The summed E-state index contributed by atoms with van der Waals surface area (Å²) in [4.78, 5) is 18.0. The van der Waals surface area contributed by atoms with E-state index in [1.54, 1.807) is 17.5 Å². The summed E-state index contributed by atoms with van der Waals surface area (Å²) in [5.74, 6) is -0.839. The summed E-state index contributed by atoms with van der Waals surface area (Å²) in [7, 11) is 0. The lowest BCUT2D eigenvalue weighted by Crippen LogP contribution is -2.15. The van der Waals surface area contributed by atoms with E-state index in [1.807, 2.05) is 0 Å². The lowest BCUT2D eigenvalue weighted by atomic mass is 10.2. The summed E-state index contributed by atoms with van der Waals surface area (Å²) in [5.41, 5.74) is -1.36. The number of rotatable bonds is 7. The number of anilines is 1. The summed E-state index contributed by atoms with van der Waals surface area (Å²) in [5, 5.41) is 8.19. The molecule has 6 aromatic rings. The van der Waals surface area contributed by atoms with Gasteiger partial charge < -0.3 is 14.8 Å². The van der Waals surface area contributed by atoms with Crippen molar-refractivity contribution >= 4 is 28.6 Å². The Morgan fingerprint density at radius 3 is 1.93 bits per heavy atom. The van der Waals surface area contributed by atoms with Gasteiger partial charge in [-0.1, -0.05) is 6.07 Å². The molecule has 0 bridgehead atoms. The Balaban J connectivity index is 1.34. The molecule has 0 aliphatic carbocycles. The van der Waals surface area contributed by atoms with E-state index in [2.05, 4.69) is 15.4 Å². The van der Waals surface area contributed by atoms with Crippen molar-refractivity contribution in [2.24, 2.45) is 0 Å². The topological polar surface area (TPSA) is 77.8 Å². The molecule has 1 amide bonds. The number of hydrogen-bond acceptors (Lipinski definition) is 6. The zero-order valence-corrected chi connectivity index (χ0v) is 22.4. The average molecular weight is 609 g/mol. The van der Waals surface area contributed by atoms with E-state index in [-0.39, 0.29) is 45.7 Å². The average Bonchev–Trinajstić information content (AvgIpc) is 3.65. The van der Waals surface area contributed by atoms with E-state index in [4.69, 9.17) is 9.47 Å². The number of alkyl halides is 3. The van der Waals surface area contributed by atoms with Crippen LogP contribution in [0, 0.1) is 11.6 Å². The SMILES string of the molecule is O=C(Nc1cc(Oc2ccc(F)cc2)cc(Oc2ccc(F)cc2)c1)c1cc2nc(-c3cccs3)cc(C(F)(F)F)n2n1. The first-order valence-electron chi connectivity index (χ1n) is 12.5. The van der Waals surface area contributed by atoms with Crippen LogP contribution in [0.5, 0.6) is 23.0 Å². The second-order valence-corrected chi connectivity index (χ2v) is 10.0. The first kappa shape index (κ1) is 27.8. The molecule has 3 heterocycles. The summed E-state index contributed by atoms with van der Waals surface area (Å²) in [6.45, 7) is 0. The molecule has 0 atom stereocenters. The van der Waals surface area contributed by atoms with Crippen LogP contribution in [0.2, 0.25) is 0 Å². The maximum absolute atomic E-state index is 13.9. The number of nitrogens with zero attached hydrogens (tertiary/aromatic N) is 3. The summed E-state index contributed by atoms with van der Waals surface area (Å²) in [6, 6.07) is 20.1. The fourth-order valence-corrected chi connectivity index (χ4v) is 4.76. The number of amides is 1. The molecule has 13 heteroatoms. The van der Waals surface area contributed by atoms with Gasteiger partial charge in [-0.15, -0.1) is 11.3 Å². The highest BCUT2D eigenvalue weighted by Gasteiger charge is 2.35. The highest BCUT2D eigenvalue weighted by atomic mass is 32.1. The Morgan fingerprint density at radius 2 is 1.40 bits per heavy atom. The summed E-state index contributed by atoms with van der Waals surface area (Å²) in [6.07, 6.45) is -4.77. The third kappa shape index (κ3) is 6.31. The number of ether oxygens (including phenoxy) is 2. The van der Waals surface area contributed by atoms with E-state index >= 15 is 0 Å². The Kier molecular flexibility index (Phi) is 7.24. The standard InChI is InChI=1S/C30H17F5N4O3S/c31-17-3-7-20(8-4-17)41-22-12-19(13-23(14-22)42-21-9-5-18(32)6-10-21)36-29(40)25-16-28-37-24(26-2-1-11-43-26)15-27(30(33,34)35)39(28)38-25/h1-16H,(H,36,40). The molecular formula is C30H17F5N4O3S. The van der Waals surface area contributed by atoms with Gasteiger partial charge in [-0.25, -0.2) is 18.3 Å². The molecule has 216 valence electrons. The summed E-state index contributed by atoms with van der Waals surface area (Å²) < 4.78 is 80.7. The van der Waals surface area contributed by atoms with Gasteiger partial charge in [0, 0.05) is 30.0 Å². The van der Waals surface area contributed by atoms with Crippen LogP contribution >= 0.6 is 11.3 Å². The lowest BCUT2D eigenvalue weighted by Gasteiger charge is -2.13. The number of carbonyl (C=O) groups excluding carboxylic acids is 1. The van der Waals surface area contributed by atoms with Crippen LogP contribution in [0.15, 0.2) is 96.4 Å². The van der Waals surface area contributed by atoms with Crippen molar-refractivity contribution in [1.82, 2.24) is 14.6 Å². The highest BCUT2D eigenvalue weighted by molar-refractivity contribution is 7.13. The van der Waals surface area contributed by atoms with Crippen LogP contribution in [-0.2, 0) is 6.18 Å². The predicted molar refractivity (Wildman–Crippen MR) is 149 cm³/mol. The Labute approximate surface area is 243 Å². The molecule has 0 saturated heterocycles. The predicted octanol–water partition coefficient (Wildman–Crippen LogP) is 8.59. The number of thiophene rings is 1. The van der Waals surface area contributed by atoms with Crippen molar-refractivity contribution in [3.8, 4) is 33.6 Å². The molecule has 0 radical (unpaired) electrons. The van der Waals surface area contributed by atoms with Crippen molar-refractivity contribution in [3.63, 3.8) is 0 Å². The number of carbonyl (C=O) groups is 1. The maximum Gasteiger partial charge on any atom is 0.433 e. The van der Waals surface area contributed by atoms with Gasteiger partial charge in [-0.3, -0.25) is 4.79 Å². The van der Waals surface area contributed by atoms with Gasteiger partial charge in [0.05, 0.1) is 10.6 Å². The van der Waals surface area contributed by atoms with Gasteiger partial charge in [-0.05, 0) is 66.0 Å². The number of hydrogen-bond donors (Lipinski definition) is 1. The molecule has 0 aliphatic rings. The number of aromatic nitrogens is 3. The second kappa shape index (κ2) is 11.2. The van der Waals surface area contributed by atoms with Crippen LogP contribution in [0.3, 0.4) is 0 Å².